The molecule has 0 spiro atoms. The van der Waals surface area contributed by atoms with Crippen LogP contribution in [-0.4, -0.2) is 130 Å². The average Bonchev–Trinajstić information content (AvgIpc) is 3.44. The van der Waals surface area contributed by atoms with Crippen LogP contribution >= 0.6 is 11.6 Å². The zero-order valence-corrected chi connectivity index (χ0v) is 47.8. The number of aliphatic hydroxyl groups excluding tert-OH is 1. The summed E-state index contributed by atoms with van der Waals surface area (Å²) in [5.74, 6) is -0.237. The van der Waals surface area contributed by atoms with Gasteiger partial charge in [-0.1, -0.05) is 65.8 Å². The van der Waals surface area contributed by atoms with Crippen molar-refractivity contribution in [2.45, 2.75) is 140 Å². The van der Waals surface area contributed by atoms with E-state index < -0.39 is 23.5 Å². The zero-order valence-electron chi connectivity index (χ0n) is 47.0. The predicted molar refractivity (Wildman–Crippen MR) is 302 cm³/mol. The molecule has 0 atom stereocenters. The van der Waals surface area contributed by atoms with Gasteiger partial charge in [-0.25, -0.2) is 0 Å². The lowest BCUT2D eigenvalue weighted by Crippen LogP contribution is -2.50. The van der Waals surface area contributed by atoms with Crippen LogP contribution in [0, 0.1) is 0 Å². The van der Waals surface area contributed by atoms with E-state index >= 15 is 0 Å². The van der Waals surface area contributed by atoms with Crippen LogP contribution < -0.4 is 29.9 Å². The van der Waals surface area contributed by atoms with Crippen LogP contribution in [0.2, 0.25) is 0 Å². The maximum Gasteiger partial charge on any atom is 0.420 e. The fourth-order valence-electron chi connectivity index (χ4n) is 10.2. The molecule has 4 aromatic rings. The van der Waals surface area contributed by atoms with Gasteiger partial charge in [-0.3, -0.25) is 9.59 Å². The monoisotopic (exact) mass is 1130 g/mol. The van der Waals surface area contributed by atoms with E-state index in [0.29, 0.717) is 37.3 Å². The van der Waals surface area contributed by atoms with Crippen LogP contribution in [0.25, 0.3) is 0 Å². The number of piperazine rings is 2. The molecule has 0 aromatic heterocycles. The number of ether oxygens (including phenoxy) is 3. The van der Waals surface area contributed by atoms with E-state index in [-0.39, 0.29) is 70.9 Å². The van der Waals surface area contributed by atoms with Crippen LogP contribution in [0.1, 0.15) is 115 Å². The topological polar surface area (TPSA) is 119 Å². The maximum atomic E-state index is 13.3. The Hall–Kier alpha value is -5.59. The molecule has 2 saturated carbocycles. The Bertz CT molecular complexity index is 2540. The summed E-state index contributed by atoms with van der Waals surface area (Å²) in [7, 11) is 2.46. The Morgan fingerprint density at radius 2 is 0.911 bits per heavy atom. The molecule has 2 saturated heterocycles. The molecule has 4 aliphatic rings. The number of nitrogens with zero attached hydrogens (tertiary/aromatic N) is 4. The van der Waals surface area contributed by atoms with E-state index in [0.717, 1.165) is 89.9 Å². The minimum absolute atomic E-state index is 0.0101. The maximum absolute atomic E-state index is 13.3. The minimum atomic E-state index is -4.48. The molecule has 0 unspecified atom stereocenters. The van der Waals surface area contributed by atoms with Crippen LogP contribution in [-0.2, 0) is 37.5 Å². The highest BCUT2D eigenvalue weighted by molar-refractivity contribution is 6.27. The third kappa shape index (κ3) is 18.5. The Balaban J connectivity index is 0.000000211. The summed E-state index contributed by atoms with van der Waals surface area (Å²) in [6, 6.07) is 25.6. The number of amides is 2. The first-order valence-electron chi connectivity index (χ1n) is 27.4. The molecule has 79 heavy (non-hydrogen) atoms. The summed E-state index contributed by atoms with van der Waals surface area (Å²) in [5, 5.41) is 15.7. The van der Waals surface area contributed by atoms with E-state index in [1.165, 1.54) is 48.9 Å². The number of anilines is 4. The minimum Gasteiger partial charge on any atom is -0.496 e. The lowest BCUT2D eigenvalue weighted by molar-refractivity contribution is -0.139. The number of rotatable bonds is 12. The molecule has 4 fully saturated rings. The van der Waals surface area contributed by atoms with Gasteiger partial charge in [0.25, 0.3) is 0 Å². The standard InChI is InChI=1S/C30H40F3N3O3.C16H23ClN2O.C14H18F3NO2/c1-29(2,3)21-5-10-24(11-6-21)35-15-17-36(18-16-35)28(37)20-39-25-12-7-22(8-13-25)34-23-9-14-27(38-4)26(19-23)30(31,32)33;1-16(2,3)13-4-6-14(7-5-13)18-8-10-19(11-9-18)15(20)12-17;1-20-13-7-4-10(8-12(13)14(15,16)17)18-9-2-5-11(19)6-3-9/h5-6,9-11,14,19,22,25,34H,7-8,12-13,15-18,20H2,1-4H3;4-7H,8-12H2,1-3H3;4,7-9,11,18-19H,2-3,5-6H2,1H3. The first kappa shape index (κ1) is 62.6. The van der Waals surface area contributed by atoms with Gasteiger partial charge in [0.05, 0.1) is 37.6 Å². The summed E-state index contributed by atoms with van der Waals surface area (Å²) < 4.78 is 94.2. The van der Waals surface area contributed by atoms with E-state index in [1.54, 1.807) is 12.1 Å². The SMILES string of the molecule is CC(C)(C)c1ccc(N2CCN(C(=O)CCl)CC2)cc1.COc1ccc(NC2CCC(O)CC2)cc1C(F)(F)F.COc1ccc(NC2CCC(OCC(=O)N3CCN(c4ccc(C(C)(C)C)cc4)CC3)CC2)cc1C(F)(F)F. The molecule has 12 nitrogen and oxygen atoms in total. The van der Waals surface area contributed by atoms with Crippen molar-refractivity contribution in [2.75, 3.05) is 99.5 Å². The van der Waals surface area contributed by atoms with Gasteiger partial charge in [0, 0.05) is 87.2 Å². The summed E-state index contributed by atoms with van der Waals surface area (Å²) in [4.78, 5) is 32.7. The molecular weight excluding hydrogens is 1050 g/mol. The normalized spacial score (nSPS) is 20.3. The van der Waals surface area contributed by atoms with Crippen molar-refractivity contribution < 1.29 is 55.2 Å². The van der Waals surface area contributed by atoms with Gasteiger partial charge in [-0.05, 0) is 134 Å². The molecule has 2 aliphatic heterocycles. The Labute approximate surface area is 468 Å². The van der Waals surface area contributed by atoms with Gasteiger partial charge < -0.3 is 49.6 Å². The molecule has 3 N–H and O–H groups in total. The molecule has 8 rings (SSSR count). The highest BCUT2D eigenvalue weighted by atomic mass is 35.5. The molecule has 4 aromatic carbocycles. The highest BCUT2D eigenvalue weighted by Gasteiger charge is 2.36. The summed E-state index contributed by atoms with van der Waals surface area (Å²) in [6.07, 6.45) is -3.30. The van der Waals surface area contributed by atoms with Crippen LogP contribution in [0.5, 0.6) is 11.5 Å². The summed E-state index contributed by atoms with van der Waals surface area (Å²) in [5.41, 5.74) is 4.66. The smallest absolute Gasteiger partial charge is 0.420 e. The van der Waals surface area contributed by atoms with Gasteiger partial charge in [0.2, 0.25) is 11.8 Å². The first-order chi connectivity index (χ1) is 37.2. The van der Waals surface area contributed by atoms with Crippen molar-refractivity contribution in [3.8, 4) is 11.5 Å². The number of carbonyl (C=O) groups excluding carboxylic acids is 2. The van der Waals surface area contributed by atoms with Crippen molar-refractivity contribution >= 4 is 46.2 Å². The molecule has 2 amide bonds. The number of alkyl halides is 7. The van der Waals surface area contributed by atoms with Crippen molar-refractivity contribution in [3.05, 3.63) is 107 Å². The van der Waals surface area contributed by atoms with E-state index in [4.69, 9.17) is 25.8 Å². The second-order valence-electron chi connectivity index (χ2n) is 22.9. The fourth-order valence-corrected chi connectivity index (χ4v) is 10.4. The second kappa shape index (κ2) is 27.7. The number of methoxy groups -OCH3 is 2. The van der Waals surface area contributed by atoms with E-state index in [9.17, 15) is 41.0 Å². The van der Waals surface area contributed by atoms with Crippen LogP contribution in [0.15, 0.2) is 84.9 Å². The average molecular weight is 1130 g/mol. The first-order valence-corrected chi connectivity index (χ1v) is 27.9. The van der Waals surface area contributed by atoms with Crippen molar-refractivity contribution in [1.29, 1.82) is 0 Å². The third-order valence-corrected chi connectivity index (χ3v) is 15.4. The molecular formula is C60H81ClF6N6O6. The molecule has 436 valence electrons. The number of benzene rings is 4. The van der Waals surface area contributed by atoms with Gasteiger partial charge in [-0.2, -0.15) is 26.3 Å². The molecule has 19 heteroatoms. The van der Waals surface area contributed by atoms with Crippen molar-refractivity contribution in [1.82, 2.24) is 9.80 Å². The number of hydrogen-bond donors (Lipinski definition) is 3. The highest BCUT2D eigenvalue weighted by Crippen LogP contribution is 2.40. The van der Waals surface area contributed by atoms with E-state index in [1.807, 2.05) is 9.80 Å². The van der Waals surface area contributed by atoms with Crippen molar-refractivity contribution in [3.63, 3.8) is 0 Å². The number of carbonyl (C=O) groups is 2. The van der Waals surface area contributed by atoms with Gasteiger partial charge in [-0.15, -0.1) is 11.6 Å². The number of nitrogens with one attached hydrogen (secondary N) is 2. The lowest BCUT2D eigenvalue weighted by Gasteiger charge is -2.37. The number of hydrogen-bond acceptors (Lipinski definition) is 10. The third-order valence-electron chi connectivity index (χ3n) is 15.1. The Kier molecular flexibility index (Phi) is 22.0. The molecule has 0 radical (unpaired) electrons. The van der Waals surface area contributed by atoms with Gasteiger partial charge in [0.1, 0.15) is 24.0 Å². The Morgan fingerprint density at radius 1 is 0.544 bits per heavy atom. The largest absolute Gasteiger partial charge is 0.496 e. The molecule has 0 bridgehead atoms. The van der Waals surface area contributed by atoms with Crippen LogP contribution in [0.4, 0.5) is 49.1 Å². The van der Waals surface area contributed by atoms with Crippen LogP contribution in [0.3, 0.4) is 0 Å². The quantitative estimate of drug-likeness (QED) is 0.0935. The molecule has 2 aliphatic carbocycles. The number of halogens is 7. The number of aliphatic hydroxyl groups is 1. The fraction of sp³-hybridized carbons (Fsp3) is 0.567. The second-order valence-corrected chi connectivity index (χ2v) is 23.1. The molecule has 2 heterocycles. The Morgan fingerprint density at radius 3 is 1.25 bits per heavy atom. The van der Waals surface area contributed by atoms with E-state index in [2.05, 4.69) is 111 Å². The predicted octanol–water partition coefficient (Wildman–Crippen LogP) is 12.4. The van der Waals surface area contributed by atoms with Gasteiger partial charge >= 0.3 is 12.4 Å². The van der Waals surface area contributed by atoms with Gasteiger partial charge in [0.15, 0.2) is 0 Å². The summed E-state index contributed by atoms with van der Waals surface area (Å²) >= 11 is 5.59. The lowest BCUT2D eigenvalue weighted by atomic mass is 9.87. The summed E-state index contributed by atoms with van der Waals surface area (Å²) in [6.45, 7) is 19.5. The zero-order chi connectivity index (χ0) is 57.7. The van der Waals surface area contributed by atoms with Crippen molar-refractivity contribution in [2.24, 2.45) is 0 Å².